The van der Waals surface area contributed by atoms with Gasteiger partial charge in [0.1, 0.15) is 6.10 Å². The van der Waals surface area contributed by atoms with Gasteiger partial charge in [-0.15, -0.1) is 0 Å². The second-order valence-electron chi connectivity index (χ2n) is 4.69. The third-order valence-electron chi connectivity index (χ3n) is 3.43. The third-order valence-corrected chi connectivity index (χ3v) is 3.43. The third kappa shape index (κ3) is 2.85. The Kier molecular flexibility index (Phi) is 4.77. The highest BCUT2D eigenvalue weighted by molar-refractivity contribution is 5.32. The highest BCUT2D eigenvalue weighted by Gasteiger charge is 2.43. The fraction of sp³-hybridized carbons (Fsp3) is 0.615. The molecule has 1 fully saturated rings. The number of rotatable bonds is 4. The van der Waals surface area contributed by atoms with E-state index in [0.29, 0.717) is 5.75 Å². The van der Waals surface area contributed by atoms with Crippen LogP contribution in [0.15, 0.2) is 18.3 Å². The topological polar surface area (TPSA) is 101 Å². The van der Waals surface area contributed by atoms with Gasteiger partial charge in [-0.05, 0) is 12.1 Å². The number of hydrogen-bond acceptors (Lipinski definition) is 7. The lowest BCUT2D eigenvalue weighted by Gasteiger charge is -2.40. The van der Waals surface area contributed by atoms with Crippen LogP contribution < -0.4 is 9.47 Å². The van der Waals surface area contributed by atoms with E-state index in [4.69, 9.17) is 14.2 Å². The van der Waals surface area contributed by atoms with E-state index in [0.717, 1.165) is 0 Å². The zero-order chi connectivity index (χ0) is 14.7. The fourth-order valence-corrected chi connectivity index (χ4v) is 2.11. The lowest BCUT2D eigenvalue weighted by atomic mass is 9.91. The summed E-state index contributed by atoms with van der Waals surface area (Å²) in [6.07, 6.45) is -2.52. The Labute approximate surface area is 116 Å². The van der Waals surface area contributed by atoms with Gasteiger partial charge in [0.25, 0.3) is 5.88 Å². The van der Waals surface area contributed by atoms with Gasteiger partial charge in [0.05, 0.1) is 25.9 Å². The van der Waals surface area contributed by atoms with Crippen LogP contribution in [0, 0.1) is 5.92 Å². The van der Waals surface area contributed by atoms with Gasteiger partial charge in [-0.3, -0.25) is 0 Å². The van der Waals surface area contributed by atoms with Crippen molar-refractivity contribution >= 4 is 0 Å². The van der Waals surface area contributed by atoms with Crippen molar-refractivity contribution in [2.75, 3.05) is 13.7 Å². The van der Waals surface area contributed by atoms with Gasteiger partial charge < -0.3 is 29.5 Å². The molecule has 0 aliphatic carbocycles. The van der Waals surface area contributed by atoms with Crippen molar-refractivity contribution in [3.05, 3.63) is 18.3 Å². The van der Waals surface area contributed by atoms with Gasteiger partial charge in [0.15, 0.2) is 5.75 Å². The molecule has 1 aromatic rings. The summed E-state index contributed by atoms with van der Waals surface area (Å²) in [5, 5.41) is 29.2. The monoisotopic (exact) mass is 285 g/mol. The molecule has 0 saturated carbocycles. The summed E-state index contributed by atoms with van der Waals surface area (Å²) >= 11 is 0. The maximum Gasteiger partial charge on any atom is 0.259 e. The summed E-state index contributed by atoms with van der Waals surface area (Å²) in [6, 6.07) is 3.33. The lowest BCUT2D eigenvalue weighted by molar-refractivity contribution is -0.261. The first-order valence-corrected chi connectivity index (χ1v) is 6.36. The van der Waals surface area contributed by atoms with Crippen LogP contribution in [0.25, 0.3) is 0 Å². The first-order valence-electron chi connectivity index (χ1n) is 6.36. The molecule has 2 heterocycles. The van der Waals surface area contributed by atoms with Gasteiger partial charge in [-0.2, -0.15) is 0 Å². The minimum Gasteiger partial charge on any atom is -0.491 e. The number of hydrogen-bond donors (Lipinski definition) is 3. The van der Waals surface area contributed by atoms with Crippen LogP contribution in [0.1, 0.15) is 6.92 Å². The maximum absolute atomic E-state index is 10.00. The van der Waals surface area contributed by atoms with E-state index in [1.54, 1.807) is 19.1 Å². The van der Waals surface area contributed by atoms with Crippen molar-refractivity contribution < 1.29 is 29.5 Å². The molecule has 7 heteroatoms. The fourth-order valence-electron chi connectivity index (χ4n) is 2.11. The van der Waals surface area contributed by atoms with Crippen molar-refractivity contribution in [1.29, 1.82) is 0 Å². The highest BCUT2D eigenvalue weighted by Crippen LogP contribution is 2.30. The van der Waals surface area contributed by atoms with Crippen molar-refractivity contribution in [2.45, 2.75) is 31.5 Å². The second kappa shape index (κ2) is 6.36. The Morgan fingerprint density at radius 2 is 2.10 bits per heavy atom. The van der Waals surface area contributed by atoms with Crippen molar-refractivity contribution in [1.82, 2.24) is 4.98 Å². The zero-order valence-corrected chi connectivity index (χ0v) is 11.3. The van der Waals surface area contributed by atoms with Gasteiger partial charge in [-0.1, -0.05) is 6.92 Å². The van der Waals surface area contributed by atoms with Crippen LogP contribution in [0.3, 0.4) is 0 Å². The molecule has 0 radical (unpaired) electrons. The highest BCUT2D eigenvalue weighted by atomic mass is 16.7. The summed E-state index contributed by atoms with van der Waals surface area (Å²) in [5.41, 5.74) is 0. The molecule has 5 atom stereocenters. The number of ether oxygens (including phenoxy) is 3. The summed E-state index contributed by atoms with van der Waals surface area (Å²) in [7, 11) is 1.47. The minimum absolute atomic E-state index is 0.150. The summed E-state index contributed by atoms with van der Waals surface area (Å²) in [6.45, 7) is 1.41. The molecular formula is C13H19NO6. The van der Waals surface area contributed by atoms with E-state index in [9.17, 15) is 15.3 Å². The SMILES string of the molecule is COc1cccnc1OC1OC(CO)C(C)C(O)C1O. The van der Waals surface area contributed by atoms with Crippen molar-refractivity contribution in [3.63, 3.8) is 0 Å². The van der Waals surface area contributed by atoms with E-state index in [2.05, 4.69) is 4.98 Å². The van der Waals surface area contributed by atoms with E-state index in [1.165, 1.54) is 13.3 Å². The van der Waals surface area contributed by atoms with Crippen molar-refractivity contribution in [2.24, 2.45) is 5.92 Å². The normalized spacial score (nSPS) is 33.8. The lowest BCUT2D eigenvalue weighted by Crippen LogP contribution is -2.56. The van der Waals surface area contributed by atoms with E-state index in [1.807, 2.05) is 0 Å². The molecular weight excluding hydrogens is 266 g/mol. The Morgan fingerprint density at radius 1 is 1.35 bits per heavy atom. The smallest absolute Gasteiger partial charge is 0.259 e. The second-order valence-corrected chi connectivity index (χ2v) is 4.69. The number of aromatic nitrogens is 1. The molecule has 7 nitrogen and oxygen atoms in total. The van der Waals surface area contributed by atoms with Gasteiger partial charge in [0.2, 0.25) is 6.29 Å². The molecule has 1 aliphatic heterocycles. The molecule has 0 aromatic carbocycles. The summed E-state index contributed by atoms with van der Waals surface area (Å²) in [4.78, 5) is 3.99. The molecule has 3 N–H and O–H groups in total. The zero-order valence-electron chi connectivity index (χ0n) is 11.3. The molecule has 112 valence electrons. The van der Waals surface area contributed by atoms with Gasteiger partial charge in [0, 0.05) is 12.1 Å². The molecule has 0 spiro atoms. The number of nitrogens with zero attached hydrogens (tertiary/aromatic N) is 1. The molecule has 5 unspecified atom stereocenters. The Hall–Kier alpha value is -1.41. The number of pyridine rings is 1. The number of aliphatic hydroxyl groups excluding tert-OH is 3. The van der Waals surface area contributed by atoms with Crippen LogP contribution >= 0.6 is 0 Å². The van der Waals surface area contributed by atoms with E-state index < -0.39 is 30.5 Å². The average molecular weight is 285 g/mol. The van der Waals surface area contributed by atoms with E-state index >= 15 is 0 Å². The van der Waals surface area contributed by atoms with Gasteiger partial charge in [-0.25, -0.2) is 4.98 Å². The number of methoxy groups -OCH3 is 1. The largest absolute Gasteiger partial charge is 0.491 e. The van der Waals surface area contributed by atoms with Crippen LogP contribution in [-0.2, 0) is 4.74 Å². The van der Waals surface area contributed by atoms with Crippen LogP contribution in [0.5, 0.6) is 11.6 Å². The van der Waals surface area contributed by atoms with Crippen LogP contribution in [0.2, 0.25) is 0 Å². The van der Waals surface area contributed by atoms with Crippen LogP contribution in [0.4, 0.5) is 0 Å². The Balaban J connectivity index is 2.15. The first-order chi connectivity index (χ1) is 9.58. The predicted molar refractivity (Wildman–Crippen MR) is 68.3 cm³/mol. The molecule has 0 bridgehead atoms. The Bertz CT molecular complexity index is 441. The number of aliphatic hydroxyl groups is 3. The summed E-state index contributed by atoms with van der Waals surface area (Å²) in [5.74, 6) is 0.134. The van der Waals surface area contributed by atoms with Crippen LogP contribution in [-0.4, -0.2) is 58.6 Å². The molecule has 1 saturated heterocycles. The van der Waals surface area contributed by atoms with Crippen molar-refractivity contribution in [3.8, 4) is 11.6 Å². The van der Waals surface area contributed by atoms with E-state index in [-0.39, 0.29) is 12.5 Å². The standard InChI is InChI=1S/C13H19NO6/c1-7-9(6-15)19-13(11(17)10(7)16)20-12-8(18-2)4-3-5-14-12/h3-5,7,9-11,13,15-17H,6H2,1-2H3. The Morgan fingerprint density at radius 3 is 2.75 bits per heavy atom. The van der Waals surface area contributed by atoms with Gasteiger partial charge >= 0.3 is 0 Å². The minimum atomic E-state index is -1.24. The maximum atomic E-state index is 10.00. The average Bonchev–Trinajstić information content (AvgIpc) is 2.48. The predicted octanol–water partition coefficient (Wildman–Crippen LogP) is -0.456. The summed E-state index contributed by atoms with van der Waals surface area (Å²) < 4.78 is 16.0. The molecule has 1 aromatic heterocycles. The molecule has 20 heavy (non-hydrogen) atoms. The molecule has 0 amide bonds. The molecule has 2 rings (SSSR count). The first kappa shape index (κ1) is 15.0. The quantitative estimate of drug-likeness (QED) is 0.688. The molecule has 1 aliphatic rings.